The van der Waals surface area contributed by atoms with Gasteiger partial charge in [0.25, 0.3) is 0 Å². The highest BCUT2D eigenvalue weighted by Gasteiger charge is 2.19. The van der Waals surface area contributed by atoms with Crippen molar-refractivity contribution in [2.45, 2.75) is 12.8 Å². The number of morpholine rings is 1. The van der Waals surface area contributed by atoms with Gasteiger partial charge in [0, 0.05) is 43.3 Å². The average molecular weight is 283 g/mol. The van der Waals surface area contributed by atoms with Crippen molar-refractivity contribution in [2.24, 2.45) is 0 Å². The molecule has 2 aliphatic heterocycles. The molecule has 4 heteroatoms. The predicted octanol–water partition coefficient (Wildman–Crippen LogP) is 2.67. The molecule has 0 aliphatic carbocycles. The molecule has 4 rings (SSSR count). The topological polar surface area (TPSA) is 28.6 Å². The molecular weight excluding hydrogens is 262 g/mol. The maximum absolute atomic E-state index is 5.50. The molecule has 0 spiro atoms. The summed E-state index contributed by atoms with van der Waals surface area (Å²) in [4.78, 5) is 9.73. The van der Waals surface area contributed by atoms with Crippen molar-refractivity contribution in [1.29, 1.82) is 0 Å². The van der Waals surface area contributed by atoms with Gasteiger partial charge in [-0.1, -0.05) is 18.2 Å². The molecule has 2 fully saturated rings. The number of hydrogen-bond acceptors (Lipinski definition) is 4. The van der Waals surface area contributed by atoms with E-state index in [0.717, 1.165) is 50.7 Å². The summed E-state index contributed by atoms with van der Waals surface area (Å²) in [5.74, 6) is 1.13. The second kappa shape index (κ2) is 5.53. The Hall–Kier alpha value is -1.81. The van der Waals surface area contributed by atoms with E-state index < -0.39 is 0 Å². The fourth-order valence-electron chi connectivity index (χ4n) is 3.32. The quantitative estimate of drug-likeness (QED) is 0.847. The van der Waals surface area contributed by atoms with E-state index in [1.54, 1.807) is 0 Å². The molecule has 0 saturated carbocycles. The minimum Gasteiger partial charge on any atom is -0.378 e. The SMILES string of the molecule is c1ccc2c(N3CCOCC3)cc(N3CCCC3)nc2c1. The van der Waals surface area contributed by atoms with Gasteiger partial charge in [-0.25, -0.2) is 4.98 Å². The maximum Gasteiger partial charge on any atom is 0.131 e. The molecule has 2 aliphatic rings. The Morgan fingerprint density at radius 2 is 1.67 bits per heavy atom. The Morgan fingerprint density at radius 3 is 2.48 bits per heavy atom. The van der Waals surface area contributed by atoms with Crippen LogP contribution in [-0.2, 0) is 4.74 Å². The van der Waals surface area contributed by atoms with Crippen LogP contribution in [0.1, 0.15) is 12.8 Å². The zero-order valence-corrected chi connectivity index (χ0v) is 12.3. The Bertz CT molecular complexity index is 631. The van der Waals surface area contributed by atoms with E-state index in [-0.39, 0.29) is 0 Å². The minimum absolute atomic E-state index is 0.815. The first-order valence-electron chi connectivity index (χ1n) is 7.89. The van der Waals surface area contributed by atoms with Crippen molar-refractivity contribution >= 4 is 22.4 Å². The third-order valence-corrected chi connectivity index (χ3v) is 4.46. The molecule has 4 nitrogen and oxygen atoms in total. The standard InChI is InChI=1S/C17H21N3O/c1-2-6-15-14(5-1)16(19-9-11-21-12-10-19)13-17(18-15)20-7-3-4-8-20/h1-2,5-6,13H,3-4,7-12H2. The molecule has 1 aromatic heterocycles. The molecule has 0 unspecified atom stereocenters. The summed E-state index contributed by atoms with van der Waals surface area (Å²) in [5.41, 5.74) is 2.41. The summed E-state index contributed by atoms with van der Waals surface area (Å²) in [6, 6.07) is 10.8. The van der Waals surface area contributed by atoms with E-state index in [0.29, 0.717) is 0 Å². The third-order valence-electron chi connectivity index (χ3n) is 4.46. The first-order valence-corrected chi connectivity index (χ1v) is 7.89. The first kappa shape index (κ1) is 12.9. The Kier molecular flexibility index (Phi) is 3.39. The lowest BCUT2D eigenvalue weighted by molar-refractivity contribution is 0.123. The Morgan fingerprint density at radius 1 is 0.905 bits per heavy atom. The van der Waals surface area contributed by atoms with Crippen LogP contribution in [0.5, 0.6) is 0 Å². The molecule has 2 saturated heterocycles. The fourth-order valence-corrected chi connectivity index (χ4v) is 3.32. The van der Waals surface area contributed by atoms with Crippen LogP contribution in [0.4, 0.5) is 11.5 Å². The number of ether oxygens (including phenoxy) is 1. The highest BCUT2D eigenvalue weighted by Crippen LogP contribution is 2.31. The molecule has 0 atom stereocenters. The second-order valence-corrected chi connectivity index (χ2v) is 5.81. The molecule has 0 radical (unpaired) electrons. The highest BCUT2D eigenvalue weighted by atomic mass is 16.5. The van der Waals surface area contributed by atoms with Gasteiger partial charge < -0.3 is 14.5 Å². The van der Waals surface area contributed by atoms with Crippen LogP contribution in [0.2, 0.25) is 0 Å². The number of para-hydroxylation sites is 1. The number of pyridine rings is 1. The molecule has 21 heavy (non-hydrogen) atoms. The van der Waals surface area contributed by atoms with E-state index >= 15 is 0 Å². The van der Waals surface area contributed by atoms with Gasteiger partial charge in [-0.15, -0.1) is 0 Å². The van der Waals surface area contributed by atoms with Gasteiger partial charge in [0.15, 0.2) is 0 Å². The van der Waals surface area contributed by atoms with Crippen LogP contribution in [0.3, 0.4) is 0 Å². The molecule has 2 aromatic rings. The van der Waals surface area contributed by atoms with Crippen molar-refractivity contribution in [2.75, 3.05) is 49.2 Å². The summed E-state index contributed by atoms with van der Waals surface area (Å²) in [6.07, 6.45) is 2.56. The molecule has 1 aromatic carbocycles. The molecule has 3 heterocycles. The van der Waals surface area contributed by atoms with Crippen LogP contribution in [0.25, 0.3) is 10.9 Å². The van der Waals surface area contributed by atoms with E-state index in [1.807, 2.05) is 0 Å². The zero-order chi connectivity index (χ0) is 14.1. The van der Waals surface area contributed by atoms with Crippen LogP contribution in [0, 0.1) is 0 Å². The van der Waals surface area contributed by atoms with Gasteiger partial charge >= 0.3 is 0 Å². The summed E-state index contributed by atoms with van der Waals surface area (Å²) in [5, 5.41) is 1.25. The van der Waals surface area contributed by atoms with Gasteiger partial charge in [-0.05, 0) is 18.9 Å². The van der Waals surface area contributed by atoms with Crippen molar-refractivity contribution in [3.05, 3.63) is 30.3 Å². The summed E-state index contributed by atoms with van der Waals surface area (Å²) < 4.78 is 5.50. The number of nitrogens with zero attached hydrogens (tertiary/aromatic N) is 3. The van der Waals surface area contributed by atoms with Crippen LogP contribution in [-0.4, -0.2) is 44.4 Å². The van der Waals surface area contributed by atoms with Crippen molar-refractivity contribution in [3.63, 3.8) is 0 Å². The number of anilines is 2. The summed E-state index contributed by atoms with van der Waals surface area (Å²) in [6.45, 7) is 5.83. The number of hydrogen-bond donors (Lipinski definition) is 0. The van der Waals surface area contributed by atoms with Crippen molar-refractivity contribution in [3.8, 4) is 0 Å². The monoisotopic (exact) mass is 283 g/mol. The number of aromatic nitrogens is 1. The maximum atomic E-state index is 5.50. The molecular formula is C17H21N3O. The Labute approximate surface area is 125 Å². The van der Waals surface area contributed by atoms with Gasteiger partial charge in [0.05, 0.1) is 18.7 Å². The van der Waals surface area contributed by atoms with Gasteiger partial charge in [-0.2, -0.15) is 0 Å². The molecule has 0 N–H and O–H groups in total. The Balaban J connectivity index is 1.81. The third kappa shape index (κ3) is 2.44. The molecule has 110 valence electrons. The number of benzene rings is 1. The van der Waals surface area contributed by atoms with E-state index in [2.05, 4.69) is 40.1 Å². The average Bonchev–Trinajstić information content (AvgIpc) is 3.09. The summed E-state index contributed by atoms with van der Waals surface area (Å²) >= 11 is 0. The van der Waals surface area contributed by atoms with Crippen LogP contribution >= 0.6 is 0 Å². The summed E-state index contributed by atoms with van der Waals surface area (Å²) in [7, 11) is 0. The van der Waals surface area contributed by atoms with Crippen molar-refractivity contribution < 1.29 is 4.74 Å². The first-order chi connectivity index (χ1) is 10.4. The molecule has 0 bridgehead atoms. The zero-order valence-electron chi connectivity index (χ0n) is 12.3. The normalized spacial score (nSPS) is 19.4. The smallest absolute Gasteiger partial charge is 0.131 e. The van der Waals surface area contributed by atoms with Gasteiger partial charge in [-0.3, -0.25) is 0 Å². The van der Waals surface area contributed by atoms with E-state index in [9.17, 15) is 0 Å². The highest BCUT2D eigenvalue weighted by molar-refractivity contribution is 5.93. The largest absolute Gasteiger partial charge is 0.378 e. The minimum atomic E-state index is 0.815. The number of fused-ring (bicyclic) bond motifs is 1. The lowest BCUT2D eigenvalue weighted by Crippen LogP contribution is -2.36. The van der Waals surface area contributed by atoms with E-state index in [4.69, 9.17) is 9.72 Å². The van der Waals surface area contributed by atoms with E-state index in [1.165, 1.54) is 23.9 Å². The van der Waals surface area contributed by atoms with Crippen molar-refractivity contribution in [1.82, 2.24) is 4.98 Å². The van der Waals surface area contributed by atoms with Gasteiger partial charge in [0.2, 0.25) is 0 Å². The second-order valence-electron chi connectivity index (χ2n) is 5.81. The van der Waals surface area contributed by atoms with Gasteiger partial charge in [0.1, 0.15) is 5.82 Å². The number of rotatable bonds is 2. The van der Waals surface area contributed by atoms with Crippen LogP contribution in [0.15, 0.2) is 30.3 Å². The molecule has 0 amide bonds. The lowest BCUT2D eigenvalue weighted by Gasteiger charge is -2.31. The fraction of sp³-hybridized carbons (Fsp3) is 0.471. The lowest BCUT2D eigenvalue weighted by atomic mass is 10.1. The predicted molar refractivity (Wildman–Crippen MR) is 86.2 cm³/mol. The van der Waals surface area contributed by atoms with Crippen LogP contribution < -0.4 is 9.80 Å².